The molecule has 1 atom stereocenters. The lowest BCUT2D eigenvalue weighted by atomic mass is 9.84. The van der Waals surface area contributed by atoms with E-state index >= 15 is 0 Å². The number of halogens is 1. The third-order valence-electron chi connectivity index (χ3n) is 3.95. The van der Waals surface area contributed by atoms with Crippen LogP contribution in [-0.2, 0) is 12.8 Å². The number of hydrogen-bond donors (Lipinski definition) is 1. The second kappa shape index (κ2) is 4.49. The summed E-state index contributed by atoms with van der Waals surface area (Å²) in [5.74, 6) is 0.894. The van der Waals surface area contributed by atoms with Crippen molar-refractivity contribution >= 4 is 26.8 Å². The lowest BCUT2D eigenvalue weighted by Gasteiger charge is -2.21. The van der Waals surface area contributed by atoms with Crippen LogP contribution in [0.15, 0.2) is 22.7 Å². The molecule has 17 heavy (non-hydrogen) atoms. The molecule has 0 radical (unpaired) electrons. The molecule has 90 valence electrons. The average molecular weight is 292 g/mol. The Hall–Kier alpha value is -0.760. The summed E-state index contributed by atoms with van der Waals surface area (Å²) in [6, 6.07) is 6.57. The molecule has 0 saturated carbocycles. The van der Waals surface area contributed by atoms with Gasteiger partial charge in [-0.25, -0.2) is 0 Å². The maximum absolute atomic E-state index is 3.59. The van der Waals surface area contributed by atoms with E-state index in [0.29, 0.717) is 0 Å². The van der Waals surface area contributed by atoms with Gasteiger partial charge in [-0.05, 0) is 48.9 Å². The number of fused-ring (bicyclic) bond motifs is 3. The minimum Gasteiger partial charge on any atom is -0.358 e. The van der Waals surface area contributed by atoms with Gasteiger partial charge < -0.3 is 4.98 Å². The van der Waals surface area contributed by atoms with Crippen molar-refractivity contribution in [2.45, 2.75) is 39.0 Å². The fourth-order valence-electron chi connectivity index (χ4n) is 3.12. The first-order chi connectivity index (χ1) is 8.28. The molecule has 1 nitrogen and oxygen atoms in total. The molecule has 2 aromatic rings. The van der Waals surface area contributed by atoms with E-state index < -0.39 is 0 Å². The molecule has 1 heterocycles. The Morgan fingerprint density at radius 3 is 3.12 bits per heavy atom. The summed E-state index contributed by atoms with van der Waals surface area (Å²) in [6.45, 7) is 2.29. The van der Waals surface area contributed by atoms with E-state index in [1.807, 2.05) is 0 Å². The number of hydrogen-bond acceptors (Lipinski definition) is 0. The van der Waals surface area contributed by atoms with Crippen molar-refractivity contribution in [3.63, 3.8) is 0 Å². The van der Waals surface area contributed by atoms with E-state index in [9.17, 15) is 0 Å². The molecule has 1 aliphatic carbocycles. The van der Waals surface area contributed by atoms with Gasteiger partial charge in [0.05, 0.1) is 0 Å². The number of aryl methyl sites for hydroxylation is 1. The van der Waals surface area contributed by atoms with E-state index in [4.69, 9.17) is 0 Å². The maximum atomic E-state index is 3.59. The maximum Gasteiger partial charge on any atom is 0.0459 e. The van der Waals surface area contributed by atoms with Gasteiger partial charge in [0.1, 0.15) is 0 Å². The molecule has 1 N–H and O–H groups in total. The molecule has 0 aliphatic heterocycles. The molecule has 1 aromatic carbocycles. The normalized spacial score (nSPS) is 19.5. The van der Waals surface area contributed by atoms with Gasteiger partial charge in [-0.2, -0.15) is 0 Å². The van der Waals surface area contributed by atoms with Crippen LogP contribution in [0.4, 0.5) is 0 Å². The van der Waals surface area contributed by atoms with Crippen LogP contribution in [0.25, 0.3) is 10.9 Å². The zero-order valence-corrected chi connectivity index (χ0v) is 11.8. The van der Waals surface area contributed by atoms with Gasteiger partial charge in [0.25, 0.3) is 0 Å². The van der Waals surface area contributed by atoms with Gasteiger partial charge >= 0.3 is 0 Å². The second-order valence-electron chi connectivity index (χ2n) is 5.17. The third kappa shape index (κ3) is 2.03. The van der Waals surface area contributed by atoms with Crippen molar-refractivity contribution in [1.29, 1.82) is 0 Å². The summed E-state index contributed by atoms with van der Waals surface area (Å²) in [5, 5.41) is 1.43. The second-order valence-corrected chi connectivity index (χ2v) is 6.09. The summed E-state index contributed by atoms with van der Waals surface area (Å²) in [4.78, 5) is 3.59. The summed E-state index contributed by atoms with van der Waals surface area (Å²) in [6.07, 6.45) is 6.53. The number of rotatable bonds is 2. The average Bonchev–Trinajstić information content (AvgIpc) is 2.67. The van der Waals surface area contributed by atoms with Crippen molar-refractivity contribution < 1.29 is 0 Å². The third-order valence-corrected chi connectivity index (χ3v) is 4.44. The minimum absolute atomic E-state index is 0.894. The van der Waals surface area contributed by atoms with Gasteiger partial charge in [-0.15, -0.1) is 0 Å². The fourth-order valence-corrected chi connectivity index (χ4v) is 3.48. The largest absolute Gasteiger partial charge is 0.358 e. The molecule has 0 amide bonds. The Labute approximate surface area is 111 Å². The topological polar surface area (TPSA) is 15.8 Å². The van der Waals surface area contributed by atoms with E-state index in [1.54, 1.807) is 5.56 Å². The minimum atomic E-state index is 0.894. The quantitative estimate of drug-likeness (QED) is 0.815. The molecule has 1 unspecified atom stereocenters. The molecular formula is C15H18BrN. The summed E-state index contributed by atoms with van der Waals surface area (Å²) in [7, 11) is 0. The Bertz CT molecular complexity index is 541. The first-order valence-electron chi connectivity index (χ1n) is 6.57. The van der Waals surface area contributed by atoms with Crippen LogP contribution in [0.3, 0.4) is 0 Å². The highest BCUT2D eigenvalue weighted by Crippen LogP contribution is 2.34. The number of nitrogens with one attached hydrogen (secondary N) is 1. The molecule has 1 aliphatic rings. The van der Waals surface area contributed by atoms with E-state index in [1.165, 1.54) is 53.2 Å². The Morgan fingerprint density at radius 2 is 2.29 bits per heavy atom. The first-order valence-corrected chi connectivity index (χ1v) is 7.36. The molecule has 1 aromatic heterocycles. The van der Waals surface area contributed by atoms with Crippen molar-refractivity contribution in [3.8, 4) is 0 Å². The Balaban J connectivity index is 2.04. The van der Waals surface area contributed by atoms with Crippen molar-refractivity contribution in [2.75, 3.05) is 0 Å². The van der Waals surface area contributed by atoms with Crippen LogP contribution in [0, 0.1) is 5.92 Å². The highest BCUT2D eigenvalue weighted by Gasteiger charge is 2.21. The summed E-state index contributed by atoms with van der Waals surface area (Å²) in [5.41, 5.74) is 4.35. The number of H-pyrrole nitrogens is 1. The van der Waals surface area contributed by atoms with E-state index in [-0.39, 0.29) is 0 Å². The monoisotopic (exact) mass is 291 g/mol. The van der Waals surface area contributed by atoms with Gasteiger partial charge in [0.2, 0.25) is 0 Å². The fraction of sp³-hybridized carbons (Fsp3) is 0.467. The van der Waals surface area contributed by atoms with E-state index in [2.05, 4.69) is 46.0 Å². The highest BCUT2D eigenvalue weighted by molar-refractivity contribution is 9.10. The van der Waals surface area contributed by atoms with Crippen LogP contribution in [-0.4, -0.2) is 4.98 Å². The van der Waals surface area contributed by atoms with Crippen LogP contribution < -0.4 is 0 Å². The predicted molar refractivity (Wildman–Crippen MR) is 76.4 cm³/mol. The number of benzene rings is 1. The highest BCUT2D eigenvalue weighted by atomic mass is 79.9. The van der Waals surface area contributed by atoms with Gasteiger partial charge in [0, 0.05) is 21.1 Å². The van der Waals surface area contributed by atoms with Crippen LogP contribution in [0.2, 0.25) is 0 Å². The molecular weight excluding hydrogens is 274 g/mol. The lowest BCUT2D eigenvalue weighted by Crippen LogP contribution is -2.13. The zero-order valence-electron chi connectivity index (χ0n) is 10.2. The molecule has 0 bridgehead atoms. The van der Waals surface area contributed by atoms with Crippen LogP contribution in [0.5, 0.6) is 0 Å². The van der Waals surface area contributed by atoms with Gasteiger partial charge in [-0.3, -0.25) is 0 Å². The Morgan fingerprint density at radius 1 is 1.41 bits per heavy atom. The number of aromatic nitrogens is 1. The van der Waals surface area contributed by atoms with Crippen molar-refractivity contribution in [3.05, 3.63) is 33.9 Å². The van der Waals surface area contributed by atoms with Crippen LogP contribution in [0.1, 0.15) is 37.4 Å². The summed E-state index contributed by atoms with van der Waals surface area (Å²) < 4.78 is 1.18. The van der Waals surface area contributed by atoms with E-state index in [0.717, 1.165) is 5.92 Å². The first kappa shape index (κ1) is 11.3. The lowest BCUT2D eigenvalue weighted by molar-refractivity contribution is 0.422. The van der Waals surface area contributed by atoms with Crippen LogP contribution >= 0.6 is 15.9 Å². The van der Waals surface area contributed by atoms with Crippen molar-refractivity contribution in [1.82, 2.24) is 4.98 Å². The smallest absolute Gasteiger partial charge is 0.0459 e. The molecule has 2 heteroatoms. The number of aromatic amines is 1. The standard InChI is InChI=1S/C15H18BrN/c1-2-3-10-4-6-14-12(8-10)13-9-11(16)5-7-15(13)17-14/h5,7,9-10,17H,2-4,6,8H2,1H3. The molecule has 3 rings (SSSR count). The molecule has 0 spiro atoms. The molecule has 0 fully saturated rings. The van der Waals surface area contributed by atoms with Crippen molar-refractivity contribution in [2.24, 2.45) is 5.92 Å². The molecule has 0 saturated heterocycles. The van der Waals surface area contributed by atoms with Gasteiger partial charge in [0.15, 0.2) is 0 Å². The van der Waals surface area contributed by atoms with Gasteiger partial charge in [-0.1, -0.05) is 35.7 Å². The summed E-state index contributed by atoms with van der Waals surface area (Å²) >= 11 is 3.58. The SMILES string of the molecule is CCCC1CCc2[nH]c3ccc(Br)cc3c2C1. The predicted octanol–water partition coefficient (Wildman–Crippen LogP) is 4.84. The zero-order chi connectivity index (χ0) is 11.8. The Kier molecular flexibility index (Phi) is 2.99.